The molecule has 10 heteroatoms. The Labute approximate surface area is 188 Å². The zero-order chi connectivity index (χ0) is 21.5. The number of carbonyl (C=O) groups excluding carboxylic acids is 4. The van der Waals surface area contributed by atoms with Gasteiger partial charge in [0.25, 0.3) is 22.3 Å². The minimum Gasteiger partial charge on any atom is -0.282 e. The van der Waals surface area contributed by atoms with E-state index in [1.54, 1.807) is 18.3 Å². The van der Waals surface area contributed by atoms with Crippen LogP contribution in [0.3, 0.4) is 0 Å². The van der Waals surface area contributed by atoms with Crippen molar-refractivity contribution < 1.29 is 19.2 Å². The first-order chi connectivity index (χ1) is 15.0. The van der Waals surface area contributed by atoms with E-state index in [-0.39, 0.29) is 16.4 Å². The molecule has 0 unspecified atom stereocenters. The standard InChI is InChI=1S/C21H11N3O4S3/c25-18-16(30-20(27)23-18)8-10-1-3-14-13(7-10)12(5-6-22-14)15-4-2-11(29-15)9-17-19(26)24-21(28)31-17/h1-9H,(H,23,25,27)(H,24,26,28)/b16-8-,17-9?. The molecule has 2 aliphatic heterocycles. The van der Waals surface area contributed by atoms with Gasteiger partial charge in [-0.2, -0.15) is 0 Å². The fourth-order valence-electron chi connectivity index (χ4n) is 3.17. The van der Waals surface area contributed by atoms with E-state index >= 15 is 0 Å². The van der Waals surface area contributed by atoms with Crippen LogP contribution in [0.1, 0.15) is 10.4 Å². The van der Waals surface area contributed by atoms with Gasteiger partial charge in [-0.05, 0) is 71.6 Å². The highest BCUT2D eigenvalue weighted by Gasteiger charge is 2.26. The molecule has 0 atom stereocenters. The van der Waals surface area contributed by atoms with E-state index in [0.29, 0.717) is 9.81 Å². The summed E-state index contributed by atoms with van der Waals surface area (Å²) in [6.07, 6.45) is 5.11. The van der Waals surface area contributed by atoms with Crippen LogP contribution in [0.2, 0.25) is 0 Å². The van der Waals surface area contributed by atoms with Crippen molar-refractivity contribution in [3.8, 4) is 10.4 Å². The topological polar surface area (TPSA) is 105 Å². The fourth-order valence-corrected chi connectivity index (χ4v) is 5.59. The third kappa shape index (κ3) is 3.92. The van der Waals surface area contributed by atoms with E-state index in [0.717, 1.165) is 55.3 Å². The highest BCUT2D eigenvalue weighted by molar-refractivity contribution is 8.18. The number of hydrogen-bond donors (Lipinski definition) is 2. The largest absolute Gasteiger partial charge is 0.290 e. The molecule has 7 nitrogen and oxygen atoms in total. The molecule has 2 aliphatic rings. The Bertz CT molecular complexity index is 1370. The number of imide groups is 2. The van der Waals surface area contributed by atoms with E-state index in [1.807, 2.05) is 36.4 Å². The van der Waals surface area contributed by atoms with E-state index in [9.17, 15) is 19.2 Å². The Balaban J connectivity index is 1.53. The molecule has 0 spiro atoms. The van der Waals surface area contributed by atoms with Gasteiger partial charge < -0.3 is 0 Å². The number of rotatable bonds is 3. The van der Waals surface area contributed by atoms with Gasteiger partial charge in [0.1, 0.15) is 0 Å². The third-order valence-electron chi connectivity index (χ3n) is 4.51. The fraction of sp³-hybridized carbons (Fsp3) is 0. The number of nitrogens with zero attached hydrogens (tertiary/aromatic N) is 1. The summed E-state index contributed by atoms with van der Waals surface area (Å²) >= 11 is 3.26. The number of carbonyl (C=O) groups is 4. The average Bonchev–Trinajstić information content (AvgIpc) is 3.41. The normalized spacial score (nSPS) is 19.0. The van der Waals surface area contributed by atoms with Crippen molar-refractivity contribution in [2.75, 3.05) is 0 Å². The summed E-state index contributed by atoms with van der Waals surface area (Å²) in [6, 6.07) is 11.4. The Morgan fingerprint density at radius 1 is 0.806 bits per heavy atom. The molecule has 3 aromatic rings. The molecule has 2 saturated heterocycles. The molecule has 0 aliphatic carbocycles. The Kier molecular flexibility index (Phi) is 4.97. The van der Waals surface area contributed by atoms with Gasteiger partial charge in [-0.3, -0.25) is 34.8 Å². The summed E-state index contributed by atoms with van der Waals surface area (Å²) < 4.78 is 0. The number of thiophene rings is 1. The van der Waals surface area contributed by atoms with Gasteiger partial charge in [-0.25, -0.2) is 0 Å². The lowest BCUT2D eigenvalue weighted by Gasteiger charge is -2.05. The van der Waals surface area contributed by atoms with Gasteiger partial charge in [-0.15, -0.1) is 11.3 Å². The molecule has 2 N–H and O–H groups in total. The zero-order valence-corrected chi connectivity index (χ0v) is 18.0. The van der Waals surface area contributed by atoms with Crippen molar-refractivity contribution in [1.82, 2.24) is 15.6 Å². The molecule has 2 fully saturated rings. The summed E-state index contributed by atoms with van der Waals surface area (Å²) in [7, 11) is 0. The van der Waals surface area contributed by atoms with Crippen LogP contribution in [0.25, 0.3) is 33.5 Å². The highest BCUT2D eigenvalue weighted by Crippen LogP contribution is 2.36. The third-order valence-corrected chi connectivity index (χ3v) is 7.20. The number of amides is 4. The van der Waals surface area contributed by atoms with Gasteiger partial charge >= 0.3 is 0 Å². The number of nitrogens with one attached hydrogen (secondary N) is 2. The molecule has 4 amide bonds. The summed E-state index contributed by atoms with van der Waals surface area (Å²) in [5.74, 6) is -0.783. The van der Waals surface area contributed by atoms with Crippen molar-refractivity contribution in [3.05, 3.63) is 62.8 Å². The number of aromatic nitrogens is 1. The van der Waals surface area contributed by atoms with E-state index < -0.39 is 5.91 Å². The minimum atomic E-state index is -0.398. The molecule has 5 rings (SSSR count). The first-order valence-electron chi connectivity index (χ1n) is 8.95. The van der Waals surface area contributed by atoms with Crippen LogP contribution in [0, 0.1) is 0 Å². The Hall–Kier alpha value is -3.21. The number of fused-ring (bicyclic) bond motifs is 1. The number of pyridine rings is 1. The molecule has 4 heterocycles. The van der Waals surface area contributed by atoms with Gasteiger partial charge in [0, 0.05) is 26.9 Å². The number of thioether (sulfide) groups is 2. The second-order valence-corrected chi connectivity index (χ2v) is 9.69. The van der Waals surface area contributed by atoms with Crippen molar-refractivity contribution in [1.29, 1.82) is 0 Å². The molecule has 1 aromatic carbocycles. The lowest BCUT2D eigenvalue weighted by molar-refractivity contribution is -0.116. The zero-order valence-electron chi connectivity index (χ0n) is 15.5. The SMILES string of the molecule is O=C1NC(=O)C(=Cc2ccc(-c3ccnc4ccc(/C=C5\SC(=O)NC5=O)cc34)s2)S1. The van der Waals surface area contributed by atoms with Crippen LogP contribution in [-0.2, 0) is 9.59 Å². The average molecular weight is 466 g/mol. The van der Waals surface area contributed by atoms with Gasteiger partial charge in [0.15, 0.2) is 0 Å². The van der Waals surface area contributed by atoms with Crippen LogP contribution >= 0.6 is 34.9 Å². The maximum Gasteiger partial charge on any atom is 0.290 e. The second-order valence-electron chi connectivity index (χ2n) is 6.54. The molecular weight excluding hydrogens is 454 g/mol. The van der Waals surface area contributed by atoms with Crippen LogP contribution in [0.15, 0.2) is 52.4 Å². The molecule has 152 valence electrons. The smallest absolute Gasteiger partial charge is 0.282 e. The molecular formula is C21H11N3O4S3. The molecule has 31 heavy (non-hydrogen) atoms. The predicted octanol–water partition coefficient (Wildman–Crippen LogP) is 4.61. The van der Waals surface area contributed by atoms with Crippen molar-refractivity contribution in [2.24, 2.45) is 0 Å². The molecule has 0 radical (unpaired) electrons. The summed E-state index contributed by atoms with van der Waals surface area (Å²) in [5.41, 5.74) is 2.54. The van der Waals surface area contributed by atoms with E-state index in [2.05, 4.69) is 15.6 Å². The van der Waals surface area contributed by atoms with Crippen molar-refractivity contribution in [3.63, 3.8) is 0 Å². The minimum absolute atomic E-state index is 0.349. The molecule has 0 saturated carbocycles. The van der Waals surface area contributed by atoms with E-state index in [4.69, 9.17) is 0 Å². The van der Waals surface area contributed by atoms with Gasteiger partial charge in [-0.1, -0.05) is 6.07 Å². The maximum absolute atomic E-state index is 11.8. The van der Waals surface area contributed by atoms with Crippen molar-refractivity contribution >= 4 is 80.2 Å². The first kappa shape index (κ1) is 19.7. The Morgan fingerprint density at radius 3 is 2.19 bits per heavy atom. The van der Waals surface area contributed by atoms with Gasteiger partial charge in [0.2, 0.25) is 0 Å². The number of benzene rings is 1. The summed E-state index contributed by atoms with van der Waals surface area (Å²) in [6.45, 7) is 0. The lowest BCUT2D eigenvalue weighted by atomic mass is 10.0. The predicted molar refractivity (Wildman–Crippen MR) is 123 cm³/mol. The summed E-state index contributed by atoms with van der Waals surface area (Å²) in [4.78, 5) is 53.3. The van der Waals surface area contributed by atoms with Crippen LogP contribution in [-0.4, -0.2) is 27.3 Å². The lowest BCUT2D eigenvalue weighted by Crippen LogP contribution is -2.17. The van der Waals surface area contributed by atoms with E-state index in [1.165, 1.54) is 11.3 Å². The number of hydrogen-bond acceptors (Lipinski definition) is 8. The quantitative estimate of drug-likeness (QED) is 0.544. The molecule has 0 bridgehead atoms. The maximum atomic E-state index is 11.8. The molecule has 2 aromatic heterocycles. The van der Waals surface area contributed by atoms with Crippen LogP contribution < -0.4 is 10.6 Å². The van der Waals surface area contributed by atoms with Crippen LogP contribution in [0.4, 0.5) is 9.59 Å². The first-order valence-corrected chi connectivity index (χ1v) is 11.4. The van der Waals surface area contributed by atoms with Crippen LogP contribution in [0.5, 0.6) is 0 Å². The Morgan fingerprint density at radius 2 is 1.52 bits per heavy atom. The summed E-state index contributed by atoms with van der Waals surface area (Å²) in [5, 5.41) is 4.65. The van der Waals surface area contributed by atoms with Gasteiger partial charge in [0.05, 0.1) is 15.3 Å². The second kappa shape index (κ2) is 7.80. The monoisotopic (exact) mass is 465 g/mol. The highest BCUT2D eigenvalue weighted by atomic mass is 32.2. The van der Waals surface area contributed by atoms with Crippen molar-refractivity contribution in [2.45, 2.75) is 0 Å².